The second kappa shape index (κ2) is 4.95. The van der Waals surface area contributed by atoms with Gasteiger partial charge in [-0.1, -0.05) is 48.9 Å². The Kier molecular flexibility index (Phi) is 5.06. The van der Waals surface area contributed by atoms with Crippen LogP contribution in [0.4, 0.5) is 0 Å². The molecule has 0 aliphatic carbocycles. The first kappa shape index (κ1) is 10.2. The molecule has 0 aromatic carbocycles. The maximum Gasteiger partial charge on any atom is 0.0204 e. The number of rotatable bonds is 4. The molecule has 0 bridgehead atoms. The lowest BCUT2D eigenvalue weighted by atomic mass is 10.1. The third-order valence-electron chi connectivity index (χ3n) is 1.31. The summed E-state index contributed by atoms with van der Waals surface area (Å²) in [6.07, 6.45) is 8.03. The Morgan fingerprint density at radius 3 is 2.30 bits per heavy atom. The van der Waals surface area contributed by atoms with Gasteiger partial charge in [-0.2, -0.15) is 0 Å². The van der Waals surface area contributed by atoms with Crippen molar-refractivity contribution in [3.8, 4) is 0 Å². The standard InChI is InChI=1S/C9H17Br/c1-4-5-6-7-8-9(2,3)10/h5-6H,4,7-8H2,1-3H3. The maximum absolute atomic E-state index is 3.60. The van der Waals surface area contributed by atoms with Crippen molar-refractivity contribution in [3.05, 3.63) is 12.2 Å². The third-order valence-corrected chi connectivity index (χ3v) is 1.70. The summed E-state index contributed by atoms with van der Waals surface area (Å²) < 4.78 is 0.311. The van der Waals surface area contributed by atoms with Crippen LogP contribution in [0.3, 0.4) is 0 Å². The Labute approximate surface area is 72.8 Å². The van der Waals surface area contributed by atoms with Crippen LogP contribution in [-0.2, 0) is 0 Å². The van der Waals surface area contributed by atoms with E-state index in [4.69, 9.17) is 0 Å². The molecule has 0 nitrogen and oxygen atoms in total. The lowest BCUT2D eigenvalue weighted by Gasteiger charge is -2.13. The van der Waals surface area contributed by atoms with Crippen molar-refractivity contribution in [2.24, 2.45) is 0 Å². The highest BCUT2D eigenvalue weighted by atomic mass is 79.9. The van der Waals surface area contributed by atoms with Gasteiger partial charge in [0.2, 0.25) is 0 Å². The molecule has 0 heterocycles. The number of allylic oxidation sites excluding steroid dienone is 2. The predicted molar refractivity (Wildman–Crippen MR) is 51.7 cm³/mol. The molecule has 0 aliphatic rings. The molecule has 0 N–H and O–H groups in total. The first-order chi connectivity index (χ1) is 4.56. The van der Waals surface area contributed by atoms with Gasteiger partial charge in [0.1, 0.15) is 0 Å². The van der Waals surface area contributed by atoms with Gasteiger partial charge in [0.05, 0.1) is 0 Å². The summed E-state index contributed by atoms with van der Waals surface area (Å²) in [5.74, 6) is 0. The van der Waals surface area contributed by atoms with E-state index in [1.165, 1.54) is 12.8 Å². The molecule has 0 fully saturated rings. The van der Waals surface area contributed by atoms with Gasteiger partial charge in [-0.05, 0) is 19.3 Å². The average Bonchev–Trinajstić information content (AvgIpc) is 1.78. The highest BCUT2D eigenvalue weighted by Crippen LogP contribution is 2.22. The van der Waals surface area contributed by atoms with Gasteiger partial charge in [-0.25, -0.2) is 0 Å². The molecule has 0 unspecified atom stereocenters. The van der Waals surface area contributed by atoms with E-state index in [1.807, 2.05) is 0 Å². The zero-order chi connectivity index (χ0) is 8.04. The Balaban J connectivity index is 3.28. The second-order valence-electron chi connectivity index (χ2n) is 3.14. The third kappa shape index (κ3) is 8.22. The number of hydrogen-bond acceptors (Lipinski definition) is 0. The summed E-state index contributed by atoms with van der Waals surface area (Å²) in [4.78, 5) is 0. The molecule has 0 aromatic heterocycles. The summed E-state index contributed by atoms with van der Waals surface area (Å²) in [5.41, 5.74) is 0. The SMILES string of the molecule is CCC=CCCC(C)(C)Br. The van der Waals surface area contributed by atoms with Gasteiger partial charge in [0.25, 0.3) is 0 Å². The number of halogens is 1. The molecular formula is C9H17Br. The highest BCUT2D eigenvalue weighted by Gasteiger charge is 2.09. The highest BCUT2D eigenvalue weighted by molar-refractivity contribution is 9.10. The summed E-state index contributed by atoms with van der Waals surface area (Å²) in [7, 11) is 0. The molecule has 0 amide bonds. The smallest absolute Gasteiger partial charge is 0.0204 e. The van der Waals surface area contributed by atoms with Gasteiger partial charge in [0.15, 0.2) is 0 Å². The average molecular weight is 205 g/mol. The van der Waals surface area contributed by atoms with Gasteiger partial charge in [-0.15, -0.1) is 0 Å². The van der Waals surface area contributed by atoms with Crippen LogP contribution >= 0.6 is 15.9 Å². The van der Waals surface area contributed by atoms with Gasteiger partial charge < -0.3 is 0 Å². The van der Waals surface area contributed by atoms with Crippen molar-refractivity contribution in [1.29, 1.82) is 0 Å². The Morgan fingerprint density at radius 2 is 1.90 bits per heavy atom. The number of hydrogen-bond donors (Lipinski definition) is 0. The van der Waals surface area contributed by atoms with Crippen molar-refractivity contribution in [3.63, 3.8) is 0 Å². The van der Waals surface area contributed by atoms with E-state index in [2.05, 4.69) is 48.9 Å². The summed E-state index contributed by atoms with van der Waals surface area (Å²) in [6, 6.07) is 0. The molecule has 1 heteroatoms. The van der Waals surface area contributed by atoms with Crippen molar-refractivity contribution in [1.82, 2.24) is 0 Å². The first-order valence-corrected chi connectivity index (χ1v) is 4.69. The quantitative estimate of drug-likeness (QED) is 0.482. The van der Waals surface area contributed by atoms with E-state index >= 15 is 0 Å². The first-order valence-electron chi connectivity index (χ1n) is 3.90. The second-order valence-corrected chi connectivity index (χ2v) is 5.28. The van der Waals surface area contributed by atoms with Crippen LogP contribution in [0.15, 0.2) is 12.2 Å². The fourth-order valence-corrected chi connectivity index (χ4v) is 0.940. The monoisotopic (exact) mass is 204 g/mol. The molecule has 0 aliphatic heterocycles. The molecular weight excluding hydrogens is 188 g/mol. The van der Waals surface area contributed by atoms with Crippen molar-refractivity contribution in [2.45, 2.75) is 44.4 Å². The summed E-state index contributed by atoms with van der Waals surface area (Å²) in [5, 5.41) is 0. The van der Waals surface area contributed by atoms with Crippen molar-refractivity contribution < 1.29 is 0 Å². The van der Waals surface area contributed by atoms with Crippen LogP contribution in [0, 0.1) is 0 Å². The molecule has 0 saturated heterocycles. The van der Waals surface area contributed by atoms with Crippen LogP contribution in [-0.4, -0.2) is 4.32 Å². The molecule has 60 valence electrons. The lowest BCUT2D eigenvalue weighted by Crippen LogP contribution is -2.07. The minimum absolute atomic E-state index is 0.311. The molecule has 10 heavy (non-hydrogen) atoms. The molecule has 0 radical (unpaired) electrons. The molecule has 0 rings (SSSR count). The van der Waals surface area contributed by atoms with E-state index < -0.39 is 0 Å². The zero-order valence-corrected chi connectivity index (χ0v) is 8.74. The van der Waals surface area contributed by atoms with E-state index in [9.17, 15) is 0 Å². The fourth-order valence-electron chi connectivity index (χ4n) is 0.711. The van der Waals surface area contributed by atoms with E-state index in [0.717, 1.165) is 6.42 Å². The molecule has 0 aromatic rings. The minimum atomic E-state index is 0.311. The normalized spacial score (nSPS) is 12.8. The van der Waals surface area contributed by atoms with Crippen LogP contribution in [0.5, 0.6) is 0 Å². The van der Waals surface area contributed by atoms with E-state index in [-0.39, 0.29) is 0 Å². The van der Waals surface area contributed by atoms with Crippen molar-refractivity contribution in [2.75, 3.05) is 0 Å². The topological polar surface area (TPSA) is 0 Å². The van der Waals surface area contributed by atoms with Crippen LogP contribution in [0.25, 0.3) is 0 Å². The summed E-state index contributed by atoms with van der Waals surface area (Å²) in [6.45, 7) is 6.56. The minimum Gasteiger partial charge on any atom is -0.0888 e. The van der Waals surface area contributed by atoms with Gasteiger partial charge in [0, 0.05) is 4.32 Å². The van der Waals surface area contributed by atoms with Crippen LogP contribution in [0.2, 0.25) is 0 Å². The van der Waals surface area contributed by atoms with Crippen LogP contribution in [0.1, 0.15) is 40.0 Å². The molecule has 0 atom stereocenters. The van der Waals surface area contributed by atoms with Gasteiger partial charge >= 0.3 is 0 Å². The van der Waals surface area contributed by atoms with E-state index in [1.54, 1.807) is 0 Å². The van der Waals surface area contributed by atoms with Crippen molar-refractivity contribution >= 4 is 15.9 Å². The zero-order valence-electron chi connectivity index (χ0n) is 7.15. The Morgan fingerprint density at radius 1 is 1.30 bits per heavy atom. The maximum atomic E-state index is 3.60. The Hall–Kier alpha value is 0.220. The number of alkyl halides is 1. The van der Waals surface area contributed by atoms with E-state index in [0.29, 0.717) is 4.32 Å². The predicted octanol–water partition coefficient (Wildman–Crippen LogP) is 3.91. The fraction of sp³-hybridized carbons (Fsp3) is 0.778. The lowest BCUT2D eigenvalue weighted by molar-refractivity contribution is 0.662. The Bertz CT molecular complexity index is 97.8. The molecule has 0 saturated carbocycles. The molecule has 0 spiro atoms. The largest absolute Gasteiger partial charge is 0.0888 e. The summed E-state index contributed by atoms with van der Waals surface area (Å²) >= 11 is 3.60. The van der Waals surface area contributed by atoms with Gasteiger partial charge in [-0.3, -0.25) is 0 Å². The van der Waals surface area contributed by atoms with Crippen LogP contribution < -0.4 is 0 Å².